The van der Waals surface area contributed by atoms with E-state index in [4.69, 9.17) is 0 Å². The summed E-state index contributed by atoms with van der Waals surface area (Å²) in [6.45, 7) is 20.6. The van der Waals surface area contributed by atoms with Crippen LogP contribution in [0.1, 0.15) is 95.4 Å². The lowest BCUT2D eigenvalue weighted by Gasteiger charge is -1.98. The molecule has 0 bridgehead atoms. The fourth-order valence-corrected chi connectivity index (χ4v) is 0.639. The van der Waals surface area contributed by atoms with E-state index in [1.807, 2.05) is 27.7 Å². The summed E-state index contributed by atoms with van der Waals surface area (Å²) < 4.78 is 0. The minimum Gasteiger partial charge on any atom is -0.300 e. The molecule has 0 aromatic heterocycles. The summed E-state index contributed by atoms with van der Waals surface area (Å²) >= 11 is 0. The zero-order chi connectivity index (χ0) is 18.4. The van der Waals surface area contributed by atoms with Crippen LogP contribution in [0.15, 0.2) is 0 Å². The van der Waals surface area contributed by atoms with Crippen LogP contribution in [-0.4, -0.2) is 17.3 Å². The van der Waals surface area contributed by atoms with Crippen LogP contribution in [0.25, 0.3) is 0 Å². The molecule has 0 aliphatic rings. The maximum Gasteiger partial charge on any atom is 0.137 e. The molecular weight excluding hydrogens is 264 g/mol. The van der Waals surface area contributed by atoms with Crippen LogP contribution in [0, 0.1) is 5.92 Å². The van der Waals surface area contributed by atoms with E-state index in [1.165, 1.54) is 40.5 Å². The van der Waals surface area contributed by atoms with Gasteiger partial charge in [-0.2, -0.15) is 0 Å². The molecule has 3 heteroatoms. The van der Waals surface area contributed by atoms with Gasteiger partial charge in [0.1, 0.15) is 17.3 Å². The van der Waals surface area contributed by atoms with Gasteiger partial charge in [-0.15, -0.1) is 0 Å². The molecule has 0 atom stereocenters. The average molecular weight is 305 g/mol. The van der Waals surface area contributed by atoms with Crippen LogP contribution in [0.3, 0.4) is 0 Å². The molecule has 0 aromatic carbocycles. The second kappa shape index (κ2) is 31.4. The monoisotopic (exact) mass is 304 g/mol. The molecule has 3 nitrogen and oxygen atoms in total. The minimum atomic E-state index is -0.0625. The molecule has 0 saturated heterocycles. The Bertz CT molecular complexity index is 201. The molecule has 0 rings (SSSR count). The number of hydrogen-bond acceptors (Lipinski definition) is 3. The number of hydrogen-bond donors (Lipinski definition) is 0. The van der Waals surface area contributed by atoms with Gasteiger partial charge in [-0.1, -0.05) is 61.3 Å². The van der Waals surface area contributed by atoms with Crippen LogP contribution >= 0.6 is 0 Å². The summed E-state index contributed by atoms with van der Waals surface area (Å²) in [5.74, 6) is 0.977. The topological polar surface area (TPSA) is 51.2 Å². The Morgan fingerprint density at radius 3 is 0.905 bits per heavy atom. The molecule has 0 amide bonds. The predicted octanol–water partition coefficient (Wildman–Crippen LogP) is 5.64. The van der Waals surface area contributed by atoms with Crippen molar-refractivity contribution in [2.45, 2.75) is 95.4 Å². The Kier molecular flexibility index (Phi) is 48.0. The number of carbonyl (C=O) groups excluding carboxylic acids is 3. The molecule has 0 heterocycles. The maximum absolute atomic E-state index is 10.0. The second-order valence-corrected chi connectivity index (χ2v) is 4.41. The van der Waals surface area contributed by atoms with Crippen molar-refractivity contribution in [2.24, 2.45) is 5.92 Å². The van der Waals surface area contributed by atoms with Gasteiger partial charge >= 0.3 is 0 Å². The molecule has 0 aliphatic carbocycles. The number of ketones is 3. The van der Waals surface area contributed by atoms with Crippen LogP contribution in [-0.2, 0) is 14.4 Å². The summed E-state index contributed by atoms with van der Waals surface area (Å²) in [6, 6.07) is 0. The highest BCUT2D eigenvalue weighted by molar-refractivity contribution is 5.96. The van der Waals surface area contributed by atoms with Crippen molar-refractivity contribution in [2.75, 3.05) is 0 Å². The Morgan fingerprint density at radius 1 is 0.714 bits per heavy atom. The van der Waals surface area contributed by atoms with E-state index < -0.39 is 0 Å². The van der Waals surface area contributed by atoms with E-state index in [0.717, 1.165) is 5.92 Å². The molecule has 0 aromatic rings. The first-order chi connectivity index (χ1) is 9.67. The van der Waals surface area contributed by atoms with Gasteiger partial charge in [0.2, 0.25) is 0 Å². The normalized spacial score (nSPS) is 7.43. The standard InChI is InChI=1S/C6H14.C5H8O2.C3H6O.2C2H6/c1-4-6(3)5-2;1-4(6)3-5(2)7;1-3(2)4;2*1-2/h6H,4-5H2,1-3H3;3H2,1-2H3;1-2H3;2*1-2H3. The smallest absolute Gasteiger partial charge is 0.137 e. The maximum atomic E-state index is 10.0. The third-order valence-electron chi connectivity index (χ3n) is 1.89. The molecule has 0 fully saturated rings. The summed E-state index contributed by atoms with van der Waals surface area (Å²) in [5.41, 5.74) is 0. The van der Waals surface area contributed by atoms with Crippen molar-refractivity contribution >= 4 is 17.3 Å². The Hall–Kier alpha value is -0.990. The summed E-state index contributed by atoms with van der Waals surface area (Å²) in [5, 5.41) is 0. The van der Waals surface area contributed by atoms with Crippen LogP contribution in [0.5, 0.6) is 0 Å². The molecule has 0 radical (unpaired) electrons. The van der Waals surface area contributed by atoms with Gasteiger partial charge in [0, 0.05) is 0 Å². The van der Waals surface area contributed by atoms with E-state index >= 15 is 0 Å². The van der Waals surface area contributed by atoms with Crippen molar-refractivity contribution in [1.82, 2.24) is 0 Å². The molecule has 130 valence electrons. The van der Waals surface area contributed by atoms with Crippen molar-refractivity contribution in [3.63, 3.8) is 0 Å². The molecule has 0 N–H and O–H groups in total. The highest BCUT2D eigenvalue weighted by atomic mass is 16.1. The predicted molar refractivity (Wildman–Crippen MR) is 94.8 cm³/mol. The third-order valence-corrected chi connectivity index (χ3v) is 1.89. The van der Waals surface area contributed by atoms with Crippen molar-refractivity contribution < 1.29 is 14.4 Å². The van der Waals surface area contributed by atoms with Gasteiger partial charge in [-0.3, -0.25) is 9.59 Å². The number of Topliss-reactive ketones (excluding diaryl/α,β-unsaturated/α-hetero) is 3. The van der Waals surface area contributed by atoms with Gasteiger partial charge in [0.05, 0.1) is 6.42 Å². The van der Waals surface area contributed by atoms with Gasteiger partial charge in [-0.25, -0.2) is 0 Å². The number of rotatable bonds is 4. The highest BCUT2D eigenvalue weighted by Crippen LogP contribution is 2.02. The molecular formula is C18H40O3. The quantitative estimate of drug-likeness (QED) is 0.631. The Morgan fingerprint density at radius 2 is 0.905 bits per heavy atom. The van der Waals surface area contributed by atoms with Crippen LogP contribution in [0.4, 0.5) is 0 Å². The lowest BCUT2D eigenvalue weighted by atomic mass is 10.1. The molecule has 0 unspecified atom stereocenters. The van der Waals surface area contributed by atoms with E-state index in [1.54, 1.807) is 0 Å². The van der Waals surface area contributed by atoms with Gasteiger partial charge < -0.3 is 4.79 Å². The summed E-state index contributed by atoms with van der Waals surface area (Å²) in [7, 11) is 0. The van der Waals surface area contributed by atoms with E-state index in [9.17, 15) is 14.4 Å². The van der Waals surface area contributed by atoms with Crippen molar-refractivity contribution in [3.05, 3.63) is 0 Å². The lowest BCUT2D eigenvalue weighted by molar-refractivity contribution is -0.124. The van der Waals surface area contributed by atoms with E-state index in [2.05, 4.69) is 20.8 Å². The molecule has 0 aliphatic heterocycles. The highest BCUT2D eigenvalue weighted by Gasteiger charge is 1.94. The van der Waals surface area contributed by atoms with Crippen molar-refractivity contribution in [3.8, 4) is 0 Å². The first-order valence-electron chi connectivity index (χ1n) is 8.13. The Labute approximate surface area is 133 Å². The fraction of sp³-hybridized carbons (Fsp3) is 0.833. The molecule has 0 spiro atoms. The third kappa shape index (κ3) is 112. The van der Waals surface area contributed by atoms with Crippen LogP contribution < -0.4 is 0 Å². The minimum absolute atomic E-state index is 0.0625. The lowest BCUT2D eigenvalue weighted by Crippen LogP contribution is -1.97. The molecule has 0 saturated carbocycles. The van der Waals surface area contributed by atoms with Gasteiger partial charge in [0.25, 0.3) is 0 Å². The number of carbonyl (C=O) groups is 3. The van der Waals surface area contributed by atoms with Crippen molar-refractivity contribution in [1.29, 1.82) is 0 Å². The largest absolute Gasteiger partial charge is 0.300 e. The zero-order valence-corrected chi connectivity index (χ0v) is 16.4. The second-order valence-electron chi connectivity index (χ2n) is 4.41. The zero-order valence-electron chi connectivity index (χ0n) is 16.4. The SMILES string of the molecule is CC.CC.CC(=O)CC(C)=O.CC(C)=O.CCC(C)CC. The first kappa shape index (κ1) is 32.1. The van der Waals surface area contributed by atoms with E-state index in [-0.39, 0.29) is 23.8 Å². The van der Waals surface area contributed by atoms with Gasteiger partial charge in [0.15, 0.2) is 0 Å². The van der Waals surface area contributed by atoms with E-state index in [0.29, 0.717) is 0 Å². The molecule has 21 heavy (non-hydrogen) atoms. The van der Waals surface area contributed by atoms with Crippen LogP contribution in [0.2, 0.25) is 0 Å². The average Bonchev–Trinajstić information content (AvgIpc) is 2.41. The first-order valence-corrected chi connectivity index (χ1v) is 8.13. The Balaban J connectivity index is -0.0000000557. The summed E-state index contributed by atoms with van der Waals surface area (Å²) in [4.78, 5) is 29.5. The fourth-order valence-electron chi connectivity index (χ4n) is 0.639. The van der Waals surface area contributed by atoms with Gasteiger partial charge in [-0.05, 0) is 33.6 Å². The summed E-state index contributed by atoms with van der Waals surface area (Å²) in [6.07, 6.45) is 2.74.